The van der Waals surface area contributed by atoms with Gasteiger partial charge in [0.1, 0.15) is 6.33 Å². The van der Waals surface area contributed by atoms with Crippen molar-refractivity contribution in [3.05, 3.63) is 12.2 Å². The highest BCUT2D eigenvalue weighted by Crippen LogP contribution is 2.34. The van der Waals surface area contributed by atoms with Gasteiger partial charge in [-0.15, -0.1) is 10.2 Å². The number of urea groups is 1. The Morgan fingerprint density at radius 1 is 1.13 bits per heavy atom. The topological polar surface area (TPSA) is 63.1 Å². The van der Waals surface area contributed by atoms with Crippen molar-refractivity contribution >= 4 is 6.03 Å². The van der Waals surface area contributed by atoms with E-state index < -0.39 is 0 Å². The number of likely N-dealkylation sites (tertiary alicyclic amines) is 1. The normalized spacial score (nSPS) is 25.7. The minimum absolute atomic E-state index is 0.0893. The van der Waals surface area contributed by atoms with Crippen LogP contribution in [-0.4, -0.2) is 38.3 Å². The fraction of sp³-hybridized carbons (Fsp3) is 0.824. The average molecular weight is 317 g/mol. The van der Waals surface area contributed by atoms with Crippen LogP contribution in [0.4, 0.5) is 4.79 Å². The number of nitrogens with zero attached hydrogens (tertiary/aromatic N) is 4. The molecule has 1 aliphatic heterocycles. The zero-order valence-corrected chi connectivity index (χ0v) is 13.8. The molecule has 6 nitrogen and oxygen atoms in total. The predicted molar refractivity (Wildman–Crippen MR) is 86.8 cm³/mol. The van der Waals surface area contributed by atoms with E-state index in [4.69, 9.17) is 0 Å². The molecule has 6 heteroatoms. The van der Waals surface area contributed by atoms with Gasteiger partial charge in [-0.3, -0.25) is 0 Å². The Morgan fingerprint density at radius 3 is 2.70 bits per heavy atom. The van der Waals surface area contributed by atoms with Crippen molar-refractivity contribution in [3.8, 4) is 0 Å². The molecule has 0 spiro atoms. The van der Waals surface area contributed by atoms with Crippen molar-refractivity contribution in [2.45, 2.75) is 76.4 Å². The Kier molecular flexibility index (Phi) is 4.23. The van der Waals surface area contributed by atoms with E-state index in [2.05, 4.69) is 20.1 Å². The Balaban J connectivity index is 1.48. The molecular weight excluding hydrogens is 290 g/mol. The largest absolute Gasteiger partial charge is 0.335 e. The number of carbonyl (C=O) groups excluding carboxylic acids is 1. The van der Waals surface area contributed by atoms with Crippen LogP contribution >= 0.6 is 0 Å². The second-order valence-corrected chi connectivity index (χ2v) is 7.42. The maximum absolute atomic E-state index is 12.8. The molecule has 1 atom stereocenters. The third-order valence-electron chi connectivity index (χ3n) is 5.54. The first-order valence-electron chi connectivity index (χ1n) is 9.26. The van der Waals surface area contributed by atoms with E-state index in [1.54, 1.807) is 0 Å². The van der Waals surface area contributed by atoms with E-state index in [9.17, 15) is 4.79 Å². The Bertz CT molecular complexity index is 547. The number of amides is 2. The fourth-order valence-electron chi connectivity index (χ4n) is 4.01. The molecule has 3 aliphatic rings. The lowest BCUT2D eigenvalue weighted by Crippen LogP contribution is -2.48. The lowest BCUT2D eigenvalue weighted by Gasteiger charge is -2.36. The molecule has 4 rings (SSSR count). The summed E-state index contributed by atoms with van der Waals surface area (Å²) in [5, 5.41) is 11.7. The Morgan fingerprint density at radius 2 is 1.91 bits per heavy atom. The maximum Gasteiger partial charge on any atom is 0.318 e. The summed E-state index contributed by atoms with van der Waals surface area (Å²) in [6, 6.07) is 0.559. The summed E-state index contributed by atoms with van der Waals surface area (Å²) in [6.45, 7) is 1.84. The van der Waals surface area contributed by atoms with Gasteiger partial charge in [-0.05, 0) is 50.9 Å². The number of piperidine rings is 1. The molecule has 1 unspecified atom stereocenters. The quantitative estimate of drug-likeness (QED) is 0.929. The summed E-state index contributed by atoms with van der Waals surface area (Å²) in [7, 11) is 0. The van der Waals surface area contributed by atoms with Crippen LogP contribution in [0, 0.1) is 5.92 Å². The molecule has 1 N–H and O–H groups in total. The van der Waals surface area contributed by atoms with Crippen molar-refractivity contribution in [2.24, 2.45) is 5.92 Å². The van der Waals surface area contributed by atoms with Crippen LogP contribution in [-0.2, 0) is 6.54 Å². The summed E-state index contributed by atoms with van der Waals surface area (Å²) in [4.78, 5) is 14.8. The van der Waals surface area contributed by atoms with E-state index in [1.165, 1.54) is 25.7 Å². The molecule has 2 amide bonds. The summed E-state index contributed by atoms with van der Waals surface area (Å²) in [5.41, 5.74) is 0. The van der Waals surface area contributed by atoms with Gasteiger partial charge in [0.05, 0.1) is 6.04 Å². The summed E-state index contributed by atoms with van der Waals surface area (Å²) < 4.78 is 2.18. The van der Waals surface area contributed by atoms with E-state index >= 15 is 0 Å². The number of hydrogen-bond donors (Lipinski definition) is 1. The van der Waals surface area contributed by atoms with Gasteiger partial charge in [-0.2, -0.15) is 0 Å². The van der Waals surface area contributed by atoms with Gasteiger partial charge in [0.2, 0.25) is 0 Å². The van der Waals surface area contributed by atoms with Crippen molar-refractivity contribution in [3.63, 3.8) is 0 Å². The smallest absolute Gasteiger partial charge is 0.318 e. The molecule has 2 aliphatic carbocycles. The highest BCUT2D eigenvalue weighted by Gasteiger charge is 2.33. The zero-order valence-electron chi connectivity index (χ0n) is 13.8. The molecule has 3 fully saturated rings. The predicted octanol–water partition coefficient (Wildman–Crippen LogP) is 2.87. The van der Waals surface area contributed by atoms with Crippen LogP contribution < -0.4 is 5.32 Å². The first kappa shape index (κ1) is 15.0. The molecule has 126 valence electrons. The average Bonchev–Trinajstić information content (AvgIpc) is 3.04. The number of aromatic nitrogens is 3. The molecule has 1 aromatic heterocycles. The van der Waals surface area contributed by atoms with Crippen LogP contribution in [0.3, 0.4) is 0 Å². The molecule has 0 aromatic carbocycles. The lowest BCUT2D eigenvalue weighted by atomic mass is 10.0. The fourth-order valence-corrected chi connectivity index (χ4v) is 4.01. The van der Waals surface area contributed by atoms with Crippen LogP contribution in [0.15, 0.2) is 6.33 Å². The van der Waals surface area contributed by atoms with Crippen LogP contribution in [0.5, 0.6) is 0 Å². The molecule has 0 radical (unpaired) electrons. The summed E-state index contributed by atoms with van der Waals surface area (Å²) >= 11 is 0. The van der Waals surface area contributed by atoms with Crippen molar-refractivity contribution in [1.82, 2.24) is 25.0 Å². The van der Waals surface area contributed by atoms with Crippen LogP contribution in [0.1, 0.15) is 69.7 Å². The third-order valence-corrected chi connectivity index (χ3v) is 5.54. The highest BCUT2D eigenvalue weighted by atomic mass is 16.2. The van der Waals surface area contributed by atoms with Crippen molar-refractivity contribution < 1.29 is 4.79 Å². The minimum Gasteiger partial charge on any atom is -0.335 e. The van der Waals surface area contributed by atoms with E-state index in [0.29, 0.717) is 6.04 Å². The standard InChI is InChI=1S/C17H27N5O/c23-17(19-14-5-1-2-6-14)22-10-4-3-7-15(22)16-20-18-12-21(16)11-13-8-9-13/h12-15H,1-11H2,(H,19,23). The van der Waals surface area contributed by atoms with Crippen molar-refractivity contribution in [1.29, 1.82) is 0 Å². The second-order valence-electron chi connectivity index (χ2n) is 7.42. The lowest BCUT2D eigenvalue weighted by molar-refractivity contribution is 0.142. The van der Waals surface area contributed by atoms with Crippen LogP contribution in [0.25, 0.3) is 0 Å². The van der Waals surface area contributed by atoms with E-state index in [0.717, 1.165) is 56.9 Å². The van der Waals surface area contributed by atoms with Gasteiger partial charge in [0.15, 0.2) is 5.82 Å². The first-order valence-corrected chi connectivity index (χ1v) is 9.26. The van der Waals surface area contributed by atoms with Gasteiger partial charge < -0.3 is 14.8 Å². The molecular formula is C17H27N5O. The molecule has 23 heavy (non-hydrogen) atoms. The number of nitrogens with one attached hydrogen (secondary N) is 1. The summed E-state index contributed by atoms with van der Waals surface area (Å²) in [6.07, 6.45) is 12.5. The zero-order chi connectivity index (χ0) is 15.6. The molecule has 2 saturated carbocycles. The third kappa shape index (κ3) is 3.35. The summed E-state index contributed by atoms with van der Waals surface area (Å²) in [5.74, 6) is 1.77. The number of rotatable bonds is 4. The minimum atomic E-state index is 0.0893. The van der Waals surface area contributed by atoms with Gasteiger partial charge >= 0.3 is 6.03 Å². The maximum atomic E-state index is 12.8. The van der Waals surface area contributed by atoms with Crippen LogP contribution in [0.2, 0.25) is 0 Å². The molecule has 0 bridgehead atoms. The van der Waals surface area contributed by atoms with E-state index in [-0.39, 0.29) is 12.1 Å². The Hall–Kier alpha value is -1.59. The number of hydrogen-bond acceptors (Lipinski definition) is 3. The van der Waals surface area contributed by atoms with Gasteiger partial charge in [0, 0.05) is 19.1 Å². The molecule has 2 heterocycles. The molecule has 1 saturated heterocycles. The van der Waals surface area contributed by atoms with Gasteiger partial charge in [-0.1, -0.05) is 12.8 Å². The van der Waals surface area contributed by atoms with Crippen molar-refractivity contribution in [2.75, 3.05) is 6.54 Å². The Labute approximate surface area is 137 Å². The number of carbonyl (C=O) groups is 1. The van der Waals surface area contributed by atoms with Gasteiger partial charge in [0.25, 0.3) is 0 Å². The monoisotopic (exact) mass is 317 g/mol. The first-order chi connectivity index (χ1) is 11.3. The molecule has 1 aromatic rings. The second kappa shape index (κ2) is 6.49. The van der Waals surface area contributed by atoms with E-state index in [1.807, 2.05) is 11.2 Å². The highest BCUT2D eigenvalue weighted by molar-refractivity contribution is 5.75. The van der Waals surface area contributed by atoms with Gasteiger partial charge in [-0.25, -0.2) is 4.79 Å². The SMILES string of the molecule is O=C(NC1CCCC1)N1CCCCC1c1nncn1CC1CC1.